The van der Waals surface area contributed by atoms with E-state index in [1.807, 2.05) is 0 Å². The fourth-order valence-electron chi connectivity index (χ4n) is 1.81. The Kier molecular flexibility index (Phi) is 3.60. The van der Waals surface area contributed by atoms with Gasteiger partial charge in [0.15, 0.2) is 0 Å². The number of carbonyl (C=O) groups excluding carboxylic acids is 1. The lowest BCUT2D eigenvalue weighted by Crippen LogP contribution is -2.38. The van der Waals surface area contributed by atoms with Crippen molar-refractivity contribution in [3.05, 3.63) is 30.1 Å². The molecule has 0 radical (unpaired) electrons. The highest BCUT2D eigenvalue weighted by Gasteiger charge is 2.34. The van der Waals surface area contributed by atoms with Crippen LogP contribution in [-0.2, 0) is 4.79 Å². The first-order valence-corrected chi connectivity index (χ1v) is 6.03. The summed E-state index contributed by atoms with van der Waals surface area (Å²) >= 11 is 0. The van der Waals surface area contributed by atoms with Crippen LogP contribution >= 0.6 is 0 Å². The molecule has 0 aromatic carbocycles. The van der Waals surface area contributed by atoms with E-state index in [0.717, 1.165) is 12.8 Å². The minimum absolute atomic E-state index is 0.126. The van der Waals surface area contributed by atoms with E-state index in [0.29, 0.717) is 5.56 Å². The van der Waals surface area contributed by atoms with E-state index < -0.39 is 11.9 Å². The maximum atomic E-state index is 12.3. The van der Waals surface area contributed by atoms with Crippen LogP contribution in [0.4, 0.5) is 0 Å². The van der Waals surface area contributed by atoms with Gasteiger partial charge in [-0.3, -0.25) is 14.6 Å². The van der Waals surface area contributed by atoms with Crippen molar-refractivity contribution in [1.82, 2.24) is 9.88 Å². The normalized spacial score (nSPS) is 16.1. The molecule has 0 bridgehead atoms. The molecule has 1 heterocycles. The van der Waals surface area contributed by atoms with Gasteiger partial charge in [-0.1, -0.05) is 6.92 Å². The predicted octanol–water partition coefficient (Wildman–Crippen LogP) is 1.41. The zero-order valence-corrected chi connectivity index (χ0v) is 10.2. The highest BCUT2D eigenvalue weighted by Crippen LogP contribution is 2.29. The maximum Gasteiger partial charge on any atom is 0.308 e. The molecule has 2 rings (SSSR count). The van der Waals surface area contributed by atoms with Gasteiger partial charge in [0, 0.05) is 25.0 Å². The summed E-state index contributed by atoms with van der Waals surface area (Å²) in [5, 5.41) is 8.94. The number of hydrogen-bond donors (Lipinski definition) is 1. The number of carboxylic acids is 1. The molecule has 0 saturated heterocycles. The molecule has 18 heavy (non-hydrogen) atoms. The predicted molar refractivity (Wildman–Crippen MR) is 65.1 cm³/mol. The minimum atomic E-state index is -0.875. The minimum Gasteiger partial charge on any atom is -0.481 e. The molecule has 1 N–H and O–H groups in total. The SMILES string of the molecule is CC(CN(C(=O)c1cccnc1)C1CC1)C(=O)O. The van der Waals surface area contributed by atoms with Gasteiger partial charge < -0.3 is 10.0 Å². The van der Waals surface area contributed by atoms with Crippen LogP contribution in [0.25, 0.3) is 0 Å². The van der Waals surface area contributed by atoms with Gasteiger partial charge in [0.1, 0.15) is 0 Å². The lowest BCUT2D eigenvalue weighted by Gasteiger charge is -2.24. The molecule has 5 nitrogen and oxygen atoms in total. The van der Waals surface area contributed by atoms with Crippen LogP contribution in [0, 0.1) is 5.92 Å². The van der Waals surface area contributed by atoms with Crippen molar-refractivity contribution in [2.45, 2.75) is 25.8 Å². The van der Waals surface area contributed by atoms with Gasteiger partial charge in [-0.15, -0.1) is 0 Å². The van der Waals surface area contributed by atoms with Crippen molar-refractivity contribution in [2.75, 3.05) is 6.54 Å². The first-order chi connectivity index (χ1) is 8.59. The molecule has 1 aromatic rings. The van der Waals surface area contributed by atoms with E-state index >= 15 is 0 Å². The second-order valence-corrected chi connectivity index (χ2v) is 4.67. The monoisotopic (exact) mass is 248 g/mol. The third-order valence-electron chi connectivity index (χ3n) is 3.05. The number of aliphatic carboxylic acids is 1. The molecule has 0 spiro atoms. The summed E-state index contributed by atoms with van der Waals surface area (Å²) in [7, 11) is 0. The number of nitrogens with zero attached hydrogens (tertiary/aromatic N) is 2. The van der Waals surface area contributed by atoms with Crippen LogP contribution < -0.4 is 0 Å². The highest BCUT2D eigenvalue weighted by molar-refractivity contribution is 5.94. The van der Waals surface area contributed by atoms with Crippen molar-refractivity contribution in [1.29, 1.82) is 0 Å². The molecule has 1 saturated carbocycles. The number of amides is 1. The van der Waals surface area contributed by atoms with Crippen molar-refractivity contribution < 1.29 is 14.7 Å². The molecular weight excluding hydrogens is 232 g/mol. The van der Waals surface area contributed by atoms with Crippen LogP contribution in [-0.4, -0.2) is 39.5 Å². The molecule has 0 aliphatic heterocycles. The molecular formula is C13H16N2O3. The zero-order valence-electron chi connectivity index (χ0n) is 10.2. The van der Waals surface area contributed by atoms with Crippen molar-refractivity contribution >= 4 is 11.9 Å². The van der Waals surface area contributed by atoms with E-state index in [1.165, 1.54) is 6.20 Å². The second kappa shape index (κ2) is 5.16. The maximum absolute atomic E-state index is 12.3. The summed E-state index contributed by atoms with van der Waals surface area (Å²) in [4.78, 5) is 28.7. The van der Waals surface area contributed by atoms with Crippen LogP contribution in [0.3, 0.4) is 0 Å². The van der Waals surface area contributed by atoms with Crippen molar-refractivity contribution in [3.63, 3.8) is 0 Å². The lowest BCUT2D eigenvalue weighted by atomic mass is 10.1. The Bertz CT molecular complexity index is 443. The topological polar surface area (TPSA) is 70.5 Å². The van der Waals surface area contributed by atoms with E-state index in [-0.39, 0.29) is 18.5 Å². The van der Waals surface area contributed by atoms with E-state index in [9.17, 15) is 9.59 Å². The molecule has 1 aliphatic carbocycles. The summed E-state index contributed by atoms with van der Waals surface area (Å²) < 4.78 is 0. The van der Waals surface area contributed by atoms with Gasteiger partial charge >= 0.3 is 5.97 Å². The molecule has 96 valence electrons. The van der Waals surface area contributed by atoms with E-state index in [2.05, 4.69) is 4.98 Å². The fraction of sp³-hybridized carbons (Fsp3) is 0.462. The number of hydrogen-bond acceptors (Lipinski definition) is 3. The molecule has 1 aromatic heterocycles. The Morgan fingerprint density at radius 1 is 1.56 bits per heavy atom. The molecule has 1 unspecified atom stereocenters. The molecule has 1 atom stereocenters. The van der Waals surface area contributed by atoms with Gasteiger partial charge in [0.2, 0.25) is 0 Å². The highest BCUT2D eigenvalue weighted by atomic mass is 16.4. The largest absolute Gasteiger partial charge is 0.481 e. The molecule has 1 amide bonds. The summed E-state index contributed by atoms with van der Waals surface area (Å²) in [6.07, 6.45) is 5.04. The number of carbonyl (C=O) groups is 2. The van der Waals surface area contributed by atoms with E-state index in [4.69, 9.17) is 5.11 Å². The first-order valence-electron chi connectivity index (χ1n) is 6.03. The number of pyridine rings is 1. The average Bonchev–Trinajstić information content (AvgIpc) is 3.20. The van der Waals surface area contributed by atoms with Crippen LogP contribution in [0.5, 0.6) is 0 Å². The first kappa shape index (κ1) is 12.5. The van der Waals surface area contributed by atoms with Gasteiger partial charge in [-0.25, -0.2) is 0 Å². The Morgan fingerprint density at radius 3 is 2.78 bits per heavy atom. The third kappa shape index (κ3) is 2.85. The molecule has 1 fully saturated rings. The van der Waals surface area contributed by atoms with Gasteiger partial charge in [-0.05, 0) is 25.0 Å². The Morgan fingerprint density at radius 2 is 2.28 bits per heavy atom. The van der Waals surface area contributed by atoms with Crippen LogP contribution in [0.1, 0.15) is 30.1 Å². The van der Waals surface area contributed by atoms with Crippen molar-refractivity contribution in [2.24, 2.45) is 5.92 Å². The zero-order chi connectivity index (χ0) is 13.1. The van der Waals surface area contributed by atoms with Crippen LogP contribution in [0.15, 0.2) is 24.5 Å². The van der Waals surface area contributed by atoms with Gasteiger partial charge in [0.25, 0.3) is 5.91 Å². The average molecular weight is 248 g/mol. The Labute approximate surface area is 105 Å². The number of carboxylic acid groups (broad SMARTS) is 1. The smallest absolute Gasteiger partial charge is 0.308 e. The second-order valence-electron chi connectivity index (χ2n) is 4.67. The number of rotatable bonds is 5. The molecule has 1 aliphatic rings. The van der Waals surface area contributed by atoms with Crippen molar-refractivity contribution in [3.8, 4) is 0 Å². The number of aromatic nitrogens is 1. The standard InChI is InChI=1S/C13H16N2O3/c1-9(13(17)18)8-15(11-4-5-11)12(16)10-3-2-6-14-7-10/h2-3,6-7,9,11H,4-5,8H2,1H3,(H,17,18). The van der Waals surface area contributed by atoms with Gasteiger partial charge in [0.05, 0.1) is 11.5 Å². The van der Waals surface area contributed by atoms with Crippen LogP contribution in [0.2, 0.25) is 0 Å². The summed E-state index contributed by atoms with van der Waals surface area (Å²) in [6.45, 7) is 1.88. The van der Waals surface area contributed by atoms with E-state index in [1.54, 1.807) is 30.2 Å². The summed E-state index contributed by atoms with van der Waals surface area (Å²) in [5.74, 6) is -1.55. The Hall–Kier alpha value is -1.91. The lowest BCUT2D eigenvalue weighted by molar-refractivity contribution is -0.141. The fourth-order valence-corrected chi connectivity index (χ4v) is 1.81. The Balaban J connectivity index is 2.11. The molecule has 5 heteroatoms. The van der Waals surface area contributed by atoms with Gasteiger partial charge in [-0.2, -0.15) is 0 Å². The quantitative estimate of drug-likeness (QED) is 0.855. The summed E-state index contributed by atoms with van der Waals surface area (Å²) in [6, 6.07) is 3.61. The summed E-state index contributed by atoms with van der Waals surface area (Å²) in [5.41, 5.74) is 0.516. The third-order valence-corrected chi connectivity index (χ3v) is 3.05.